The van der Waals surface area contributed by atoms with Crippen molar-refractivity contribution >= 4 is 17.5 Å². The predicted molar refractivity (Wildman–Crippen MR) is 138 cm³/mol. The highest BCUT2D eigenvalue weighted by Gasteiger charge is 2.28. The minimum atomic E-state index is -0.0873. The highest BCUT2D eigenvalue weighted by Crippen LogP contribution is 2.29. The van der Waals surface area contributed by atoms with Crippen LogP contribution in [-0.2, 0) is 24.1 Å². The summed E-state index contributed by atoms with van der Waals surface area (Å²) in [5.74, 6) is 1.79. The van der Waals surface area contributed by atoms with Gasteiger partial charge in [0.1, 0.15) is 11.6 Å². The number of nitrogens with zero attached hydrogens (tertiary/aromatic N) is 4. The molecule has 0 atom stereocenters. The van der Waals surface area contributed by atoms with Crippen molar-refractivity contribution in [2.75, 3.05) is 43.1 Å². The van der Waals surface area contributed by atoms with E-state index in [1.54, 1.807) is 0 Å². The minimum Gasteiger partial charge on any atom is -0.378 e. The summed E-state index contributed by atoms with van der Waals surface area (Å²) in [4.78, 5) is 27.3. The molecule has 0 saturated carbocycles. The molecule has 5 rings (SSSR count). The first-order chi connectivity index (χ1) is 17.0. The third kappa shape index (κ3) is 5.30. The zero-order chi connectivity index (χ0) is 24.4. The van der Waals surface area contributed by atoms with Gasteiger partial charge in [-0.1, -0.05) is 35.9 Å². The molecule has 2 aliphatic rings. The Hall–Kier alpha value is -3.45. The normalized spacial score (nSPS) is 15.6. The standard InChI is InChI=1S/C28H33N5O2/c1-19-5-4-6-22(15-19)17-26-30-25-9-10-33(28(34)29-23-8-7-20(2)21(3)16-23)18-24(25)27(31-26)32-11-13-35-14-12-32/h4-8,15-16H,9-14,17-18H2,1-3H3,(H,29,34). The molecule has 3 heterocycles. The Morgan fingerprint density at radius 2 is 1.83 bits per heavy atom. The number of rotatable bonds is 4. The molecule has 7 nitrogen and oxygen atoms in total. The SMILES string of the molecule is Cc1cccc(Cc2nc3c(c(N4CCOCC4)n2)CN(C(=O)Nc2ccc(C)c(C)c2)CC3)c1. The monoisotopic (exact) mass is 471 g/mol. The van der Waals surface area contributed by atoms with Crippen LogP contribution in [0.5, 0.6) is 0 Å². The molecule has 3 aromatic rings. The fraction of sp³-hybridized carbons (Fsp3) is 0.393. The number of carbonyl (C=O) groups is 1. The number of hydrogen-bond acceptors (Lipinski definition) is 5. The minimum absolute atomic E-state index is 0.0873. The highest BCUT2D eigenvalue weighted by molar-refractivity contribution is 5.89. The first kappa shape index (κ1) is 23.3. The summed E-state index contributed by atoms with van der Waals surface area (Å²) < 4.78 is 5.59. The van der Waals surface area contributed by atoms with Gasteiger partial charge >= 0.3 is 6.03 Å². The van der Waals surface area contributed by atoms with Gasteiger partial charge in [0.05, 0.1) is 25.5 Å². The molecule has 2 aliphatic heterocycles. The van der Waals surface area contributed by atoms with E-state index in [0.717, 1.165) is 53.7 Å². The van der Waals surface area contributed by atoms with Crippen molar-refractivity contribution in [1.29, 1.82) is 0 Å². The fourth-order valence-electron chi connectivity index (χ4n) is 4.76. The van der Waals surface area contributed by atoms with Crippen LogP contribution < -0.4 is 10.2 Å². The van der Waals surface area contributed by atoms with Crippen LogP contribution in [0.1, 0.15) is 39.3 Å². The number of morpholine rings is 1. The van der Waals surface area contributed by atoms with E-state index in [1.165, 1.54) is 16.7 Å². The van der Waals surface area contributed by atoms with Crippen LogP contribution in [0.25, 0.3) is 0 Å². The smallest absolute Gasteiger partial charge is 0.322 e. The molecule has 0 unspecified atom stereocenters. The summed E-state index contributed by atoms with van der Waals surface area (Å²) in [7, 11) is 0. The Morgan fingerprint density at radius 1 is 1.00 bits per heavy atom. The van der Waals surface area contributed by atoms with E-state index >= 15 is 0 Å². The van der Waals surface area contributed by atoms with Crippen LogP contribution in [0.2, 0.25) is 0 Å². The van der Waals surface area contributed by atoms with Gasteiger partial charge < -0.3 is 19.9 Å². The van der Waals surface area contributed by atoms with E-state index in [2.05, 4.69) is 55.3 Å². The number of carbonyl (C=O) groups excluding carboxylic acids is 1. The molecule has 1 aromatic heterocycles. The average molecular weight is 472 g/mol. The van der Waals surface area contributed by atoms with Gasteiger partial charge in [0.15, 0.2) is 0 Å². The van der Waals surface area contributed by atoms with Crippen LogP contribution >= 0.6 is 0 Å². The molecule has 7 heteroatoms. The van der Waals surface area contributed by atoms with E-state index in [4.69, 9.17) is 14.7 Å². The molecule has 0 bridgehead atoms. The molecule has 1 N–H and O–H groups in total. The Bertz CT molecular complexity index is 1240. The maximum Gasteiger partial charge on any atom is 0.322 e. The van der Waals surface area contributed by atoms with Gasteiger partial charge in [0, 0.05) is 43.7 Å². The Morgan fingerprint density at radius 3 is 2.60 bits per heavy atom. The summed E-state index contributed by atoms with van der Waals surface area (Å²) in [6.45, 7) is 10.3. The predicted octanol–water partition coefficient (Wildman–Crippen LogP) is 4.42. The average Bonchev–Trinajstić information content (AvgIpc) is 2.86. The molecule has 1 fully saturated rings. The lowest BCUT2D eigenvalue weighted by molar-refractivity contribution is 0.122. The number of aromatic nitrogens is 2. The van der Waals surface area contributed by atoms with Crippen LogP contribution in [0, 0.1) is 20.8 Å². The number of ether oxygens (including phenoxy) is 1. The maximum absolute atomic E-state index is 13.1. The third-order valence-electron chi connectivity index (χ3n) is 6.89. The van der Waals surface area contributed by atoms with Gasteiger partial charge in [-0.3, -0.25) is 0 Å². The number of urea groups is 1. The summed E-state index contributed by atoms with van der Waals surface area (Å²) in [5, 5.41) is 3.07. The van der Waals surface area contributed by atoms with Crippen molar-refractivity contribution in [3.63, 3.8) is 0 Å². The van der Waals surface area contributed by atoms with Crippen LogP contribution in [0.3, 0.4) is 0 Å². The molecule has 1 saturated heterocycles. The molecule has 0 aliphatic carbocycles. The Balaban J connectivity index is 1.41. The lowest BCUT2D eigenvalue weighted by Crippen LogP contribution is -2.42. The van der Waals surface area contributed by atoms with Crippen molar-refractivity contribution in [3.05, 3.63) is 81.8 Å². The molecule has 2 amide bonds. The molecular weight excluding hydrogens is 438 g/mol. The van der Waals surface area contributed by atoms with Gasteiger partial charge in [0.2, 0.25) is 0 Å². The van der Waals surface area contributed by atoms with E-state index < -0.39 is 0 Å². The largest absolute Gasteiger partial charge is 0.378 e. The molecule has 0 spiro atoms. The molecule has 35 heavy (non-hydrogen) atoms. The molecule has 0 radical (unpaired) electrons. The number of amides is 2. The maximum atomic E-state index is 13.1. The van der Waals surface area contributed by atoms with Gasteiger partial charge in [0.25, 0.3) is 0 Å². The topological polar surface area (TPSA) is 70.6 Å². The lowest BCUT2D eigenvalue weighted by Gasteiger charge is -2.34. The van der Waals surface area contributed by atoms with Crippen LogP contribution in [0.4, 0.5) is 16.3 Å². The lowest BCUT2D eigenvalue weighted by atomic mass is 10.0. The second-order valence-electron chi connectivity index (χ2n) is 9.55. The number of anilines is 2. The van der Waals surface area contributed by atoms with E-state index in [9.17, 15) is 4.79 Å². The summed E-state index contributed by atoms with van der Waals surface area (Å²) in [6, 6.07) is 14.4. The Labute approximate surface area is 207 Å². The van der Waals surface area contributed by atoms with Crippen molar-refractivity contribution in [2.24, 2.45) is 0 Å². The highest BCUT2D eigenvalue weighted by atomic mass is 16.5. The summed E-state index contributed by atoms with van der Waals surface area (Å²) >= 11 is 0. The van der Waals surface area contributed by atoms with Gasteiger partial charge in [-0.25, -0.2) is 14.8 Å². The van der Waals surface area contributed by atoms with Gasteiger partial charge in [-0.2, -0.15) is 0 Å². The number of hydrogen-bond donors (Lipinski definition) is 1. The van der Waals surface area contributed by atoms with E-state index in [0.29, 0.717) is 32.7 Å². The molecular formula is C28H33N5O2. The summed E-state index contributed by atoms with van der Waals surface area (Å²) in [5.41, 5.74) is 7.75. The second kappa shape index (κ2) is 10.0. The second-order valence-corrected chi connectivity index (χ2v) is 9.55. The van der Waals surface area contributed by atoms with Gasteiger partial charge in [-0.05, 0) is 49.6 Å². The van der Waals surface area contributed by atoms with E-state index in [1.807, 2.05) is 23.1 Å². The van der Waals surface area contributed by atoms with E-state index in [-0.39, 0.29) is 6.03 Å². The number of aryl methyl sites for hydroxylation is 3. The van der Waals surface area contributed by atoms with Crippen LogP contribution in [-0.4, -0.2) is 53.7 Å². The number of benzene rings is 2. The Kier molecular flexibility index (Phi) is 6.68. The van der Waals surface area contributed by atoms with Crippen LogP contribution in [0.15, 0.2) is 42.5 Å². The summed E-state index contributed by atoms with van der Waals surface area (Å²) in [6.07, 6.45) is 1.42. The molecule has 2 aromatic carbocycles. The first-order valence-electron chi connectivity index (χ1n) is 12.4. The fourth-order valence-corrected chi connectivity index (χ4v) is 4.76. The van der Waals surface area contributed by atoms with Gasteiger partial charge in [-0.15, -0.1) is 0 Å². The molecule has 182 valence electrons. The first-order valence-corrected chi connectivity index (χ1v) is 12.4. The number of fused-ring (bicyclic) bond motifs is 1. The zero-order valence-corrected chi connectivity index (χ0v) is 20.8. The van der Waals surface area contributed by atoms with Crippen molar-refractivity contribution < 1.29 is 9.53 Å². The number of nitrogens with one attached hydrogen (secondary N) is 1. The van der Waals surface area contributed by atoms with Crippen molar-refractivity contribution in [3.8, 4) is 0 Å². The van der Waals surface area contributed by atoms with Crippen molar-refractivity contribution in [1.82, 2.24) is 14.9 Å². The zero-order valence-electron chi connectivity index (χ0n) is 20.8. The third-order valence-corrected chi connectivity index (χ3v) is 6.89. The quantitative estimate of drug-likeness (QED) is 0.610. The van der Waals surface area contributed by atoms with Crippen molar-refractivity contribution in [2.45, 2.75) is 40.2 Å².